The van der Waals surface area contributed by atoms with E-state index in [0.29, 0.717) is 32.6 Å². The van der Waals surface area contributed by atoms with E-state index in [0.717, 1.165) is 11.1 Å². The third kappa shape index (κ3) is 6.88. The minimum absolute atomic E-state index is 0.0184. The monoisotopic (exact) mass is 572 g/mol. The molecular weight excluding hydrogens is 543 g/mol. The number of nitrogens with zero attached hydrogens (tertiary/aromatic N) is 1. The first-order chi connectivity index (χ1) is 18.5. The molecule has 0 saturated heterocycles. The molecule has 8 nitrogen and oxygen atoms in total. The van der Waals surface area contributed by atoms with E-state index in [2.05, 4.69) is 5.32 Å². The number of amides is 2. The van der Waals surface area contributed by atoms with Crippen LogP contribution in [0.4, 0.5) is 0 Å². The molecule has 10 heteroatoms. The van der Waals surface area contributed by atoms with Crippen molar-refractivity contribution in [3.63, 3.8) is 0 Å². The molecule has 206 valence electrons. The van der Waals surface area contributed by atoms with Crippen LogP contribution in [0.2, 0.25) is 10.0 Å². The van der Waals surface area contributed by atoms with E-state index in [1.54, 1.807) is 45.2 Å². The van der Waals surface area contributed by atoms with Gasteiger partial charge in [0.25, 0.3) is 0 Å². The molecule has 0 bridgehead atoms. The summed E-state index contributed by atoms with van der Waals surface area (Å²) < 4.78 is 9.65. The molecule has 0 spiro atoms. The van der Waals surface area contributed by atoms with Gasteiger partial charge in [-0.2, -0.15) is 0 Å². The average molecular weight is 573 g/mol. The van der Waals surface area contributed by atoms with Crippen LogP contribution in [0.25, 0.3) is 0 Å². The summed E-state index contributed by atoms with van der Waals surface area (Å²) in [5.74, 6) is -1.53. The fourth-order valence-electron chi connectivity index (χ4n) is 4.67. The molecular formula is C29H30Cl2N2O6. The Balaban J connectivity index is 0.000000216. The number of nitrogens with one attached hydrogen (secondary N) is 1. The van der Waals surface area contributed by atoms with E-state index in [1.165, 1.54) is 19.1 Å². The van der Waals surface area contributed by atoms with Crippen molar-refractivity contribution in [3.8, 4) is 0 Å². The lowest BCUT2D eigenvalue weighted by Crippen LogP contribution is -2.35. The predicted octanol–water partition coefficient (Wildman–Crippen LogP) is 5.12. The van der Waals surface area contributed by atoms with Crippen molar-refractivity contribution in [3.05, 3.63) is 92.2 Å². The van der Waals surface area contributed by atoms with Gasteiger partial charge in [-0.1, -0.05) is 47.5 Å². The fraction of sp³-hybridized carbons (Fsp3) is 0.310. The first-order valence-corrected chi connectivity index (χ1v) is 12.9. The van der Waals surface area contributed by atoms with Crippen LogP contribution in [0.15, 0.2) is 71.1 Å². The number of methoxy groups -OCH3 is 2. The molecule has 0 aliphatic carbocycles. The van der Waals surface area contributed by atoms with Crippen LogP contribution in [-0.4, -0.2) is 49.9 Å². The van der Waals surface area contributed by atoms with Gasteiger partial charge in [-0.25, -0.2) is 9.59 Å². The van der Waals surface area contributed by atoms with E-state index in [9.17, 15) is 19.2 Å². The van der Waals surface area contributed by atoms with Crippen LogP contribution in [0, 0.1) is 0 Å². The third-order valence-corrected chi connectivity index (χ3v) is 7.32. The molecule has 4 rings (SSSR count). The number of hydrogen-bond acceptors (Lipinski definition) is 6. The molecule has 0 aromatic heterocycles. The summed E-state index contributed by atoms with van der Waals surface area (Å²) in [7, 11) is 4.34. The van der Waals surface area contributed by atoms with Crippen molar-refractivity contribution in [2.45, 2.75) is 38.5 Å². The minimum atomic E-state index is -0.419. The number of rotatable bonds is 4. The number of hydrogen-bond donors (Lipinski definition) is 1. The molecule has 0 radical (unpaired) electrons. The summed E-state index contributed by atoms with van der Waals surface area (Å²) in [5.41, 5.74) is 3.95. The smallest absolute Gasteiger partial charge is 0.336 e. The minimum Gasteiger partial charge on any atom is -0.466 e. The van der Waals surface area contributed by atoms with Crippen molar-refractivity contribution in [2.24, 2.45) is 0 Å². The average Bonchev–Trinajstić information content (AvgIpc) is 2.91. The molecule has 2 heterocycles. The van der Waals surface area contributed by atoms with Gasteiger partial charge in [0.2, 0.25) is 11.8 Å². The molecule has 2 aliphatic heterocycles. The second-order valence-electron chi connectivity index (χ2n) is 9.14. The molecule has 2 aromatic carbocycles. The van der Waals surface area contributed by atoms with E-state index in [4.69, 9.17) is 32.7 Å². The van der Waals surface area contributed by atoms with Crippen LogP contribution in [0.1, 0.15) is 49.7 Å². The quantitative estimate of drug-likeness (QED) is 0.510. The zero-order valence-electron chi connectivity index (χ0n) is 22.3. The Labute approximate surface area is 237 Å². The van der Waals surface area contributed by atoms with Gasteiger partial charge in [0.15, 0.2) is 0 Å². The Bertz CT molecular complexity index is 1330. The highest BCUT2D eigenvalue weighted by Gasteiger charge is 2.35. The molecule has 2 aromatic rings. The number of esters is 2. The Morgan fingerprint density at radius 1 is 0.795 bits per heavy atom. The predicted molar refractivity (Wildman–Crippen MR) is 148 cm³/mol. The summed E-state index contributed by atoms with van der Waals surface area (Å²) in [4.78, 5) is 49.1. The molecule has 2 aliphatic rings. The molecule has 39 heavy (non-hydrogen) atoms. The maximum absolute atomic E-state index is 12.0. The van der Waals surface area contributed by atoms with Gasteiger partial charge >= 0.3 is 11.9 Å². The summed E-state index contributed by atoms with van der Waals surface area (Å²) in [6.45, 7) is 3.46. The molecule has 2 unspecified atom stereocenters. The zero-order valence-corrected chi connectivity index (χ0v) is 23.9. The van der Waals surface area contributed by atoms with E-state index in [1.807, 2.05) is 24.3 Å². The summed E-state index contributed by atoms with van der Waals surface area (Å²) in [6, 6.07) is 14.3. The van der Waals surface area contributed by atoms with Crippen molar-refractivity contribution in [2.75, 3.05) is 21.3 Å². The lowest BCUT2D eigenvalue weighted by Gasteiger charge is -2.31. The fourth-order valence-corrected chi connectivity index (χ4v) is 4.93. The molecule has 2 atom stereocenters. The summed E-state index contributed by atoms with van der Waals surface area (Å²) in [5, 5.41) is 3.90. The number of carbonyl (C=O) groups is 4. The number of carbonyl (C=O) groups excluding carboxylic acids is 4. The van der Waals surface area contributed by atoms with Crippen LogP contribution >= 0.6 is 23.2 Å². The summed E-state index contributed by atoms with van der Waals surface area (Å²) >= 11 is 11.7. The van der Waals surface area contributed by atoms with E-state index < -0.39 is 11.9 Å². The molecule has 0 saturated carbocycles. The Kier molecular flexibility index (Phi) is 9.94. The highest BCUT2D eigenvalue weighted by molar-refractivity contribution is 6.30. The number of allylic oxidation sites excluding steroid dienone is 2. The van der Waals surface area contributed by atoms with Gasteiger partial charge in [-0.15, -0.1) is 0 Å². The molecule has 1 N–H and O–H groups in total. The maximum atomic E-state index is 12.0. The van der Waals surface area contributed by atoms with Crippen molar-refractivity contribution < 1.29 is 28.7 Å². The van der Waals surface area contributed by atoms with Crippen LogP contribution in [-0.2, 0) is 28.7 Å². The third-order valence-electron chi connectivity index (χ3n) is 6.82. The van der Waals surface area contributed by atoms with Gasteiger partial charge in [-0.3, -0.25) is 9.59 Å². The normalized spacial score (nSPS) is 19.2. The molecule has 0 fully saturated rings. The number of benzene rings is 2. The largest absolute Gasteiger partial charge is 0.466 e. The Morgan fingerprint density at radius 3 is 1.69 bits per heavy atom. The lowest BCUT2D eigenvalue weighted by atomic mass is 9.84. The lowest BCUT2D eigenvalue weighted by molar-refractivity contribution is -0.138. The highest BCUT2D eigenvalue weighted by Crippen LogP contribution is 2.37. The first-order valence-electron chi connectivity index (χ1n) is 12.1. The highest BCUT2D eigenvalue weighted by atomic mass is 35.5. The number of ether oxygens (including phenoxy) is 2. The van der Waals surface area contributed by atoms with E-state index in [-0.39, 0.29) is 36.5 Å². The number of halogens is 2. The first kappa shape index (κ1) is 29.9. The standard InChI is InChI=1S/C15H16ClNO3.C14H14ClNO3/c1-9-14(15(19)20-3)12(8-13(18)17(9)2)10-4-6-11(16)7-5-10;1-8-13(14(18)19-2)11(7-12(17)16-8)9-3-5-10(15)6-4-9/h4-7,12H,8H2,1-3H3;3-6,11H,7H2,1-2H3,(H,16,17). The van der Waals surface area contributed by atoms with Gasteiger partial charge in [-0.05, 0) is 49.2 Å². The van der Waals surface area contributed by atoms with Crippen LogP contribution < -0.4 is 5.32 Å². The molecule has 2 amide bonds. The van der Waals surface area contributed by atoms with Crippen molar-refractivity contribution in [1.29, 1.82) is 0 Å². The maximum Gasteiger partial charge on any atom is 0.336 e. The summed E-state index contributed by atoms with van der Waals surface area (Å²) in [6.07, 6.45) is 0.476. The Morgan fingerprint density at radius 2 is 1.23 bits per heavy atom. The van der Waals surface area contributed by atoms with Gasteiger partial charge in [0, 0.05) is 53.2 Å². The van der Waals surface area contributed by atoms with Crippen molar-refractivity contribution >= 4 is 47.0 Å². The van der Waals surface area contributed by atoms with Crippen LogP contribution in [0.5, 0.6) is 0 Å². The van der Waals surface area contributed by atoms with Gasteiger partial charge < -0.3 is 19.7 Å². The van der Waals surface area contributed by atoms with Crippen molar-refractivity contribution in [1.82, 2.24) is 10.2 Å². The van der Waals surface area contributed by atoms with Crippen LogP contribution in [0.3, 0.4) is 0 Å². The van der Waals surface area contributed by atoms with E-state index >= 15 is 0 Å². The van der Waals surface area contributed by atoms with Gasteiger partial charge in [0.1, 0.15) is 0 Å². The van der Waals surface area contributed by atoms with Gasteiger partial charge in [0.05, 0.1) is 25.4 Å². The second kappa shape index (κ2) is 13.0. The zero-order chi connectivity index (χ0) is 28.9. The second-order valence-corrected chi connectivity index (χ2v) is 10.0. The SMILES string of the molecule is COC(=O)C1=C(C)N(C)C(=O)CC1c1ccc(Cl)cc1.COC(=O)C1=C(C)NC(=O)CC1c1ccc(Cl)cc1. The Hall–Kier alpha value is -3.62. The topological polar surface area (TPSA) is 102 Å².